The van der Waals surface area contributed by atoms with Crippen molar-refractivity contribution in [2.45, 2.75) is 13.5 Å². The average Bonchev–Trinajstić information content (AvgIpc) is 2.50. The average molecular weight is 285 g/mol. The Morgan fingerprint density at radius 1 is 1.10 bits per heavy atom. The van der Waals surface area contributed by atoms with E-state index in [0.717, 1.165) is 5.56 Å². The Bertz CT molecular complexity index is 611. The molecule has 2 aromatic rings. The van der Waals surface area contributed by atoms with Crippen molar-refractivity contribution in [3.05, 3.63) is 65.2 Å². The van der Waals surface area contributed by atoms with Gasteiger partial charge in [-0.1, -0.05) is 36.4 Å². The lowest BCUT2D eigenvalue weighted by Gasteiger charge is -2.23. The number of amides is 1. The number of aromatic hydroxyl groups is 1. The molecule has 4 heteroatoms. The molecule has 2 rings (SSSR count). The number of phenolic OH excluding ortho intramolecular Hbond substituents is 1. The molecule has 0 aromatic heterocycles. The van der Waals surface area contributed by atoms with E-state index in [1.54, 1.807) is 30.0 Å². The summed E-state index contributed by atoms with van der Waals surface area (Å²) in [5.41, 5.74) is 2.01. The molecular weight excluding hydrogens is 266 g/mol. The predicted molar refractivity (Wildman–Crippen MR) is 81.1 cm³/mol. The van der Waals surface area contributed by atoms with E-state index in [0.29, 0.717) is 17.7 Å². The number of nitrogens with zero attached hydrogens (tertiary/aromatic N) is 1. The van der Waals surface area contributed by atoms with E-state index in [1.165, 1.54) is 0 Å². The fourth-order valence-electron chi connectivity index (χ4n) is 2.20. The van der Waals surface area contributed by atoms with Crippen LogP contribution in [0.25, 0.3) is 0 Å². The monoisotopic (exact) mass is 285 g/mol. The fourth-order valence-corrected chi connectivity index (χ4v) is 2.20. The maximum absolute atomic E-state index is 12.6. The van der Waals surface area contributed by atoms with Gasteiger partial charge < -0.3 is 15.1 Å². The lowest BCUT2D eigenvalue weighted by atomic mass is 10.1. The van der Waals surface area contributed by atoms with Gasteiger partial charge in [0.2, 0.25) is 0 Å². The first-order chi connectivity index (χ1) is 10.1. The van der Waals surface area contributed by atoms with Gasteiger partial charge in [0.25, 0.3) is 5.91 Å². The van der Waals surface area contributed by atoms with Crippen molar-refractivity contribution in [2.75, 3.05) is 13.2 Å². The van der Waals surface area contributed by atoms with Crippen LogP contribution in [0.5, 0.6) is 5.75 Å². The van der Waals surface area contributed by atoms with Crippen molar-refractivity contribution in [1.29, 1.82) is 0 Å². The van der Waals surface area contributed by atoms with Crippen LogP contribution in [0.4, 0.5) is 0 Å². The number of aliphatic hydroxyl groups is 1. The molecule has 21 heavy (non-hydrogen) atoms. The van der Waals surface area contributed by atoms with Crippen LogP contribution >= 0.6 is 0 Å². The smallest absolute Gasteiger partial charge is 0.254 e. The van der Waals surface area contributed by atoms with Crippen molar-refractivity contribution in [2.24, 2.45) is 0 Å². The summed E-state index contributed by atoms with van der Waals surface area (Å²) in [6.45, 7) is 2.29. The van der Waals surface area contributed by atoms with Crippen molar-refractivity contribution < 1.29 is 15.0 Å². The summed E-state index contributed by atoms with van der Waals surface area (Å²) < 4.78 is 0. The summed E-state index contributed by atoms with van der Waals surface area (Å²) in [4.78, 5) is 14.2. The minimum absolute atomic E-state index is 0.101. The summed E-state index contributed by atoms with van der Waals surface area (Å²) in [7, 11) is 0. The van der Waals surface area contributed by atoms with Crippen LogP contribution in [0.15, 0.2) is 48.5 Å². The Morgan fingerprint density at radius 2 is 1.81 bits per heavy atom. The molecule has 2 N–H and O–H groups in total. The molecule has 0 saturated heterocycles. The fraction of sp³-hybridized carbons (Fsp3) is 0.235. The molecule has 0 aliphatic rings. The molecule has 4 nitrogen and oxygen atoms in total. The van der Waals surface area contributed by atoms with E-state index in [2.05, 4.69) is 0 Å². The van der Waals surface area contributed by atoms with Crippen LogP contribution in [0.3, 0.4) is 0 Å². The third-order valence-corrected chi connectivity index (χ3v) is 3.41. The van der Waals surface area contributed by atoms with E-state index < -0.39 is 0 Å². The molecule has 110 valence electrons. The highest BCUT2D eigenvalue weighted by molar-refractivity contribution is 5.96. The molecule has 2 aromatic carbocycles. The topological polar surface area (TPSA) is 60.8 Å². The summed E-state index contributed by atoms with van der Waals surface area (Å²) in [6.07, 6.45) is 0. The summed E-state index contributed by atoms with van der Waals surface area (Å²) in [6, 6.07) is 14.5. The van der Waals surface area contributed by atoms with Gasteiger partial charge in [-0.25, -0.2) is 0 Å². The van der Waals surface area contributed by atoms with Gasteiger partial charge in [0.05, 0.1) is 6.61 Å². The number of benzene rings is 2. The summed E-state index contributed by atoms with van der Waals surface area (Å²) >= 11 is 0. The quantitative estimate of drug-likeness (QED) is 0.886. The first-order valence-electron chi connectivity index (χ1n) is 6.86. The number of rotatable bonds is 5. The molecule has 0 fully saturated rings. The Labute approximate surface area is 124 Å². The molecule has 0 bridgehead atoms. The first-order valence-corrected chi connectivity index (χ1v) is 6.86. The second kappa shape index (κ2) is 6.90. The molecule has 0 atom stereocenters. The zero-order chi connectivity index (χ0) is 15.2. The Hall–Kier alpha value is -2.33. The van der Waals surface area contributed by atoms with Gasteiger partial charge in [-0.3, -0.25) is 4.79 Å². The summed E-state index contributed by atoms with van der Waals surface area (Å²) in [5, 5.41) is 18.9. The predicted octanol–water partition coefficient (Wildman–Crippen LogP) is 2.34. The number of phenols is 1. The zero-order valence-electron chi connectivity index (χ0n) is 12.0. The van der Waals surface area contributed by atoms with Gasteiger partial charge in [-0.15, -0.1) is 0 Å². The SMILES string of the molecule is Cc1c(O)cccc1C(=O)N(CCO)Cc1ccccc1. The first kappa shape index (κ1) is 15.1. The van der Waals surface area contributed by atoms with E-state index in [4.69, 9.17) is 0 Å². The van der Waals surface area contributed by atoms with Crippen molar-refractivity contribution in [3.63, 3.8) is 0 Å². The molecular formula is C17H19NO3. The van der Waals surface area contributed by atoms with Gasteiger partial charge in [0.15, 0.2) is 0 Å². The third-order valence-electron chi connectivity index (χ3n) is 3.41. The van der Waals surface area contributed by atoms with E-state index in [9.17, 15) is 15.0 Å². The van der Waals surface area contributed by atoms with E-state index >= 15 is 0 Å². The lowest BCUT2D eigenvalue weighted by molar-refractivity contribution is 0.0706. The van der Waals surface area contributed by atoms with Gasteiger partial charge >= 0.3 is 0 Å². The van der Waals surface area contributed by atoms with Gasteiger partial charge in [0, 0.05) is 24.2 Å². The van der Waals surface area contributed by atoms with Gasteiger partial charge in [0.1, 0.15) is 5.75 Å². The van der Waals surface area contributed by atoms with Crippen LogP contribution in [-0.4, -0.2) is 34.2 Å². The van der Waals surface area contributed by atoms with Crippen LogP contribution in [-0.2, 0) is 6.54 Å². The van der Waals surface area contributed by atoms with Crippen LogP contribution in [0, 0.1) is 6.92 Å². The second-order valence-corrected chi connectivity index (χ2v) is 4.89. The summed E-state index contributed by atoms with van der Waals surface area (Å²) in [5.74, 6) is -0.0918. The Morgan fingerprint density at radius 3 is 2.48 bits per heavy atom. The third kappa shape index (κ3) is 3.61. The highest BCUT2D eigenvalue weighted by Gasteiger charge is 2.18. The minimum Gasteiger partial charge on any atom is -0.508 e. The molecule has 0 aliphatic heterocycles. The number of carbonyl (C=O) groups is 1. The molecule has 0 aliphatic carbocycles. The molecule has 0 spiro atoms. The molecule has 1 amide bonds. The second-order valence-electron chi connectivity index (χ2n) is 4.89. The molecule has 0 saturated carbocycles. The molecule has 0 heterocycles. The maximum atomic E-state index is 12.6. The minimum atomic E-state index is -0.193. The highest BCUT2D eigenvalue weighted by atomic mass is 16.3. The molecule has 0 unspecified atom stereocenters. The Balaban J connectivity index is 2.25. The van der Waals surface area contributed by atoms with Gasteiger partial charge in [-0.05, 0) is 24.6 Å². The standard InChI is InChI=1S/C17H19NO3/c1-13-15(8-5-9-16(13)20)17(21)18(10-11-19)12-14-6-3-2-4-7-14/h2-9,19-20H,10-12H2,1H3. The number of carbonyl (C=O) groups excluding carboxylic acids is 1. The number of aliphatic hydroxyl groups excluding tert-OH is 1. The largest absolute Gasteiger partial charge is 0.508 e. The van der Waals surface area contributed by atoms with Crippen LogP contribution < -0.4 is 0 Å². The number of hydrogen-bond acceptors (Lipinski definition) is 3. The zero-order valence-corrected chi connectivity index (χ0v) is 12.0. The van der Waals surface area contributed by atoms with Crippen LogP contribution in [0.1, 0.15) is 21.5 Å². The highest BCUT2D eigenvalue weighted by Crippen LogP contribution is 2.21. The van der Waals surface area contributed by atoms with Crippen molar-refractivity contribution in [3.8, 4) is 5.75 Å². The van der Waals surface area contributed by atoms with E-state index in [1.807, 2.05) is 30.3 Å². The van der Waals surface area contributed by atoms with Crippen molar-refractivity contribution >= 4 is 5.91 Å². The maximum Gasteiger partial charge on any atom is 0.254 e. The van der Waals surface area contributed by atoms with E-state index in [-0.39, 0.29) is 24.8 Å². The lowest BCUT2D eigenvalue weighted by Crippen LogP contribution is -2.33. The van der Waals surface area contributed by atoms with Crippen LogP contribution in [0.2, 0.25) is 0 Å². The van der Waals surface area contributed by atoms with Crippen molar-refractivity contribution in [1.82, 2.24) is 4.90 Å². The number of hydrogen-bond donors (Lipinski definition) is 2. The molecule has 0 radical (unpaired) electrons. The normalized spacial score (nSPS) is 10.4. The van der Waals surface area contributed by atoms with Gasteiger partial charge in [-0.2, -0.15) is 0 Å². The Kier molecular flexibility index (Phi) is 4.95.